The van der Waals surface area contributed by atoms with Crippen LogP contribution in [0.15, 0.2) is 55.0 Å². The van der Waals surface area contributed by atoms with E-state index in [1.165, 1.54) is 36.7 Å². The van der Waals surface area contributed by atoms with Gasteiger partial charge in [-0.2, -0.15) is 5.10 Å². The highest BCUT2D eigenvalue weighted by molar-refractivity contribution is 6.33. The number of hydrogen-bond acceptors (Lipinski definition) is 6. The Bertz CT molecular complexity index is 1330. The first kappa shape index (κ1) is 23.0. The van der Waals surface area contributed by atoms with Crippen molar-refractivity contribution in [2.75, 3.05) is 42.5 Å². The van der Waals surface area contributed by atoms with E-state index in [1.54, 1.807) is 23.0 Å². The van der Waals surface area contributed by atoms with Crippen molar-refractivity contribution in [2.45, 2.75) is 6.54 Å². The molecule has 2 aromatic carbocycles. The second-order valence-corrected chi connectivity index (χ2v) is 8.51. The summed E-state index contributed by atoms with van der Waals surface area (Å²) in [4.78, 5) is 25.6. The first-order chi connectivity index (χ1) is 17.0. The van der Waals surface area contributed by atoms with Crippen LogP contribution in [-0.2, 0) is 6.54 Å². The van der Waals surface area contributed by atoms with E-state index in [1.807, 2.05) is 0 Å². The van der Waals surface area contributed by atoms with E-state index < -0.39 is 11.7 Å². The molecule has 0 spiro atoms. The normalized spacial score (nSPS) is 13.9. The van der Waals surface area contributed by atoms with Gasteiger partial charge < -0.3 is 15.1 Å². The largest absolute Gasteiger partial charge is 0.368 e. The van der Waals surface area contributed by atoms with Gasteiger partial charge in [0.15, 0.2) is 5.65 Å². The molecule has 1 aliphatic heterocycles. The second-order valence-electron chi connectivity index (χ2n) is 8.11. The van der Waals surface area contributed by atoms with Crippen molar-refractivity contribution in [3.05, 3.63) is 77.2 Å². The number of halogens is 3. The monoisotopic (exact) mass is 497 g/mol. The van der Waals surface area contributed by atoms with E-state index in [2.05, 4.69) is 30.2 Å². The van der Waals surface area contributed by atoms with Crippen LogP contribution in [0.2, 0.25) is 5.02 Å². The zero-order valence-electron chi connectivity index (χ0n) is 18.7. The number of fused-ring (bicyclic) bond motifs is 1. The third-order valence-electron chi connectivity index (χ3n) is 5.98. The summed E-state index contributed by atoms with van der Waals surface area (Å²) in [7, 11) is 0. The molecule has 11 heteroatoms. The first-order valence-electron chi connectivity index (χ1n) is 11.2. The average molecular weight is 498 g/mol. The number of hydrogen-bond donors (Lipinski definition) is 1. The summed E-state index contributed by atoms with van der Waals surface area (Å²) in [6.45, 7) is 3.60. The number of nitrogens with one attached hydrogen (secondary N) is 1. The van der Waals surface area contributed by atoms with Gasteiger partial charge in [-0.25, -0.2) is 23.4 Å². The molecular formula is C24H22ClF2N7O. The van der Waals surface area contributed by atoms with Crippen molar-refractivity contribution in [2.24, 2.45) is 0 Å². The van der Waals surface area contributed by atoms with Gasteiger partial charge >= 0.3 is 0 Å². The lowest BCUT2D eigenvalue weighted by Crippen LogP contribution is -2.46. The lowest BCUT2D eigenvalue weighted by Gasteiger charge is -2.36. The van der Waals surface area contributed by atoms with Gasteiger partial charge in [0, 0.05) is 38.4 Å². The van der Waals surface area contributed by atoms with Crippen molar-refractivity contribution < 1.29 is 13.6 Å². The highest BCUT2D eigenvalue weighted by Crippen LogP contribution is 2.25. The Morgan fingerprint density at radius 3 is 2.49 bits per heavy atom. The fraction of sp³-hybridized carbons (Fsp3) is 0.250. The van der Waals surface area contributed by atoms with Crippen LogP contribution in [0.1, 0.15) is 10.4 Å². The molecule has 5 rings (SSSR count). The maximum absolute atomic E-state index is 14.0. The molecule has 0 radical (unpaired) electrons. The number of rotatable bonds is 6. The van der Waals surface area contributed by atoms with Crippen LogP contribution in [0.25, 0.3) is 11.0 Å². The topological polar surface area (TPSA) is 79.2 Å². The Morgan fingerprint density at radius 1 is 1.00 bits per heavy atom. The molecule has 1 fully saturated rings. The summed E-state index contributed by atoms with van der Waals surface area (Å²) < 4.78 is 28.9. The van der Waals surface area contributed by atoms with E-state index in [9.17, 15) is 13.6 Å². The van der Waals surface area contributed by atoms with E-state index in [4.69, 9.17) is 11.6 Å². The van der Waals surface area contributed by atoms with Crippen LogP contribution < -0.4 is 15.1 Å². The first-order valence-corrected chi connectivity index (χ1v) is 11.5. The van der Waals surface area contributed by atoms with Gasteiger partial charge in [-0.3, -0.25) is 4.79 Å². The average Bonchev–Trinajstić information content (AvgIpc) is 3.28. The fourth-order valence-electron chi connectivity index (χ4n) is 4.20. The van der Waals surface area contributed by atoms with Crippen molar-refractivity contribution in [3.8, 4) is 0 Å². The quantitative estimate of drug-likeness (QED) is 0.439. The van der Waals surface area contributed by atoms with Gasteiger partial charge in [-0.05, 0) is 36.4 Å². The van der Waals surface area contributed by atoms with Crippen LogP contribution in [0, 0.1) is 11.6 Å². The molecule has 0 unspecified atom stereocenters. The van der Waals surface area contributed by atoms with Crippen LogP contribution in [0.5, 0.6) is 0 Å². The summed E-state index contributed by atoms with van der Waals surface area (Å²) in [6.07, 6.45) is 3.21. The van der Waals surface area contributed by atoms with E-state index in [-0.39, 0.29) is 22.9 Å². The number of carbonyl (C=O) groups is 1. The maximum Gasteiger partial charge on any atom is 0.255 e. The highest BCUT2D eigenvalue weighted by atomic mass is 35.5. The number of piperazine rings is 1. The lowest BCUT2D eigenvalue weighted by atomic mass is 10.2. The molecule has 2 aromatic heterocycles. The van der Waals surface area contributed by atoms with Crippen molar-refractivity contribution in [3.63, 3.8) is 0 Å². The van der Waals surface area contributed by atoms with E-state index in [0.29, 0.717) is 12.2 Å². The third kappa shape index (κ3) is 4.74. The van der Waals surface area contributed by atoms with E-state index >= 15 is 0 Å². The number of carbonyl (C=O) groups excluding carboxylic acids is 1. The standard InChI is InChI=1S/C24H22ClF2N7O/c25-19-2-1-3-20(27)21(19)24(35)28-8-9-34-23-18(14-31-34)22(29-15-30-23)33-12-10-32(11-13-33)17-6-4-16(26)5-7-17/h1-7,14-15H,8-13H2,(H,28,35). The van der Waals surface area contributed by atoms with Crippen LogP contribution in [-0.4, -0.2) is 58.4 Å². The number of anilines is 2. The molecule has 4 aromatic rings. The molecule has 1 aliphatic rings. The Labute approximate surface area is 205 Å². The van der Waals surface area contributed by atoms with Crippen molar-refractivity contribution in [1.82, 2.24) is 25.1 Å². The van der Waals surface area contributed by atoms with Crippen molar-refractivity contribution >= 4 is 40.0 Å². The minimum Gasteiger partial charge on any atom is -0.368 e. The maximum atomic E-state index is 14.0. The molecule has 0 saturated carbocycles. The number of nitrogens with zero attached hydrogens (tertiary/aromatic N) is 6. The zero-order chi connectivity index (χ0) is 24.4. The Morgan fingerprint density at radius 2 is 1.74 bits per heavy atom. The zero-order valence-corrected chi connectivity index (χ0v) is 19.4. The Balaban J connectivity index is 1.24. The van der Waals surface area contributed by atoms with Crippen LogP contribution in [0.3, 0.4) is 0 Å². The molecule has 0 bridgehead atoms. The Hall–Kier alpha value is -3.79. The van der Waals surface area contributed by atoms with Gasteiger partial charge in [0.05, 0.1) is 28.7 Å². The SMILES string of the molecule is O=C(NCCn1ncc2c(N3CCN(c4ccc(F)cc4)CC3)ncnc21)c1c(F)cccc1Cl. The predicted octanol–water partition coefficient (Wildman–Crippen LogP) is 3.51. The molecule has 0 atom stereocenters. The lowest BCUT2D eigenvalue weighted by molar-refractivity contribution is 0.0948. The van der Waals surface area contributed by atoms with Gasteiger partial charge in [0.1, 0.15) is 23.8 Å². The molecule has 8 nitrogen and oxygen atoms in total. The molecule has 1 saturated heterocycles. The molecule has 35 heavy (non-hydrogen) atoms. The molecular weight excluding hydrogens is 476 g/mol. The molecule has 180 valence electrons. The Kier molecular flexibility index (Phi) is 6.45. The van der Waals surface area contributed by atoms with Gasteiger partial charge in [0.2, 0.25) is 0 Å². The van der Waals surface area contributed by atoms with Gasteiger partial charge in [0.25, 0.3) is 5.91 Å². The molecule has 1 amide bonds. The smallest absolute Gasteiger partial charge is 0.255 e. The summed E-state index contributed by atoms with van der Waals surface area (Å²) in [6, 6.07) is 10.6. The second kappa shape index (κ2) is 9.83. The predicted molar refractivity (Wildman–Crippen MR) is 130 cm³/mol. The van der Waals surface area contributed by atoms with Gasteiger partial charge in [-0.1, -0.05) is 17.7 Å². The summed E-state index contributed by atoms with van der Waals surface area (Å²) in [5.74, 6) is -0.708. The van der Waals surface area contributed by atoms with Crippen LogP contribution in [0.4, 0.5) is 20.3 Å². The number of benzene rings is 2. The molecule has 1 N–H and O–H groups in total. The minimum absolute atomic E-state index is 0.0592. The van der Waals surface area contributed by atoms with Gasteiger partial charge in [-0.15, -0.1) is 0 Å². The summed E-state index contributed by atoms with van der Waals surface area (Å²) in [5, 5.41) is 7.97. The fourth-order valence-corrected chi connectivity index (χ4v) is 4.45. The number of aromatic nitrogens is 4. The molecule has 3 heterocycles. The highest BCUT2D eigenvalue weighted by Gasteiger charge is 2.22. The molecule has 0 aliphatic carbocycles. The van der Waals surface area contributed by atoms with E-state index in [0.717, 1.165) is 43.1 Å². The summed E-state index contributed by atoms with van der Waals surface area (Å²) in [5.41, 5.74) is 1.46. The third-order valence-corrected chi connectivity index (χ3v) is 6.30. The summed E-state index contributed by atoms with van der Waals surface area (Å²) >= 11 is 5.96. The van der Waals surface area contributed by atoms with Crippen molar-refractivity contribution in [1.29, 1.82) is 0 Å². The van der Waals surface area contributed by atoms with Crippen LogP contribution >= 0.6 is 11.6 Å². The number of amides is 1. The minimum atomic E-state index is -0.670.